The van der Waals surface area contributed by atoms with Crippen LogP contribution in [0.1, 0.15) is 23.5 Å². The maximum absolute atomic E-state index is 4.18. The first-order valence-corrected chi connectivity index (χ1v) is 8.84. The molecule has 0 amide bonds. The number of rotatable bonds is 6. The van der Waals surface area contributed by atoms with Crippen molar-refractivity contribution in [3.05, 3.63) is 96.1 Å². The zero-order valence-electron chi connectivity index (χ0n) is 14.4. The van der Waals surface area contributed by atoms with Crippen molar-refractivity contribution < 1.29 is 0 Å². The molecule has 128 valence electrons. The molecule has 0 aliphatic heterocycles. The van der Waals surface area contributed by atoms with Gasteiger partial charge in [-0.25, -0.2) is 0 Å². The number of nitrogens with zero attached hydrogens (tertiary/aromatic N) is 3. The minimum Gasteiger partial charge on any atom is -0.368 e. The molecule has 4 nitrogen and oxygen atoms in total. The standard InChI is InChI=1S/C22H20N4/c1-3-9-17(10-4-1)19(18-11-5-2-6-12-18)15-16-23-22-20-13-7-8-14-21(20)24-26-25-22/h1-14,19H,15-16H2,(H,23,24,25). The van der Waals surface area contributed by atoms with Gasteiger partial charge in [-0.2, -0.15) is 0 Å². The number of nitrogens with one attached hydrogen (secondary N) is 1. The van der Waals surface area contributed by atoms with Gasteiger partial charge < -0.3 is 5.32 Å². The van der Waals surface area contributed by atoms with Gasteiger partial charge in [-0.3, -0.25) is 0 Å². The first kappa shape index (κ1) is 16.2. The highest BCUT2D eigenvalue weighted by molar-refractivity contribution is 5.88. The molecule has 0 saturated carbocycles. The van der Waals surface area contributed by atoms with Crippen molar-refractivity contribution >= 4 is 16.7 Å². The number of hydrogen-bond donors (Lipinski definition) is 1. The summed E-state index contributed by atoms with van der Waals surface area (Å²) in [6.07, 6.45) is 0.965. The lowest BCUT2D eigenvalue weighted by Gasteiger charge is -2.18. The Balaban J connectivity index is 1.54. The molecule has 4 heteroatoms. The van der Waals surface area contributed by atoms with Crippen molar-refractivity contribution in [1.82, 2.24) is 15.4 Å². The van der Waals surface area contributed by atoms with Crippen LogP contribution in [0.15, 0.2) is 84.9 Å². The highest BCUT2D eigenvalue weighted by Crippen LogP contribution is 2.28. The summed E-state index contributed by atoms with van der Waals surface area (Å²) < 4.78 is 0. The lowest BCUT2D eigenvalue weighted by atomic mass is 9.88. The van der Waals surface area contributed by atoms with Crippen LogP contribution in [0.5, 0.6) is 0 Å². The van der Waals surface area contributed by atoms with E-state index in [2.05, 4.69) is 81.4 Å². The third-order valence-electron chi connectivity index (χ3n) is 4.59. The molecular weight excluding hydrogens is 320 g/mol. The second kappa shape index (κ2) is 7.74. The van der Waals surface area contributed by atoms with Crippen molar-refractivity contribution in [2.45, 2.75) is 12.3 Å². The van der Waals surface area contributed by atoms with Gasteiger partial charge in [0.2, 0.25) is 0 Å². The number of aromatic nitrogens is 3. The summed E-state index contributed by atoms with van der Waals surface area (Å²) in [5.41, 5.74) is 3.50. The highest BCUT2D eigenvalue weighted by atomic mass is 15.3. The maximum Gasteiger partial charge on any atom is 0.160 e. The predicted octanol–water partition coefficient (Wildman–Crippen LogP) is 4.66. The molecule has 0 fully saturated rings. The summed E-state index contributed by atoms with van der Waals surface area (Å²) in [5, 5.41) is 16.6. The van der Waals surface area contributed by atoms with Crippen LogP contribution in [-0.4, -0.2) is 22.0 Å². The summed E-state index contributed by atoms with van der Waals surface area (Å²) in [5.74, 6) is 1.13. The first-order valence-electron chi connectivity index (χ1n) is 8.84. The Labute approximate surface area is 152 Å². The van der Waals surface area contributed by atoms with Crippen molar-refractivity contribution in [2.24, 2.45) is 0 Å². The first-order chi connectivity index (χ1) is 12.9. The predicted molar refractivity (Wildman–Crippen MR) is 105 cm³/mol. The van der Waals surface area contributed by atoms with Crippen molar-refractivity contribution in [3.8, 4) is 0 Å². The van der Waals surface area contributed by atoms with Crippen LogP contribution in [0.3, 0.4) is 0 Å². The van der Waals surface area contributed by atoms with Crippen molar-refractivity contribution in [1.29, 1.82) is 0 Å². The van der Waals surface area contributed by atoms with Gasteiger partial charge in [0.1, 0.15) is 0 Å². The van der Waals surface area contributed by atoms with Crippen LogP contribution in [0.2, 0.25) is 0 Å². The van der Waals surface area contributed by atoms with Gasteiger partial charge in [0.25, 0.3) is 0 Å². The monoisotopic (exact) mass is 340 g/mol. The van der Waals surface area contributed by atoms with Gasteiger partial charge >= 0.3 is 0 Å². The van der Waals surface area contributed by atoms with E-state index >= 15 is 0 Å². The topological polar surface area (TPSA) is 50.7 Å². The zero-order chi connectivity index (χ0) is 17.6. The Bertz CT molecular complexity index is 926. The third-order valence-corrected chi connectivity index (χ3v) is 4.59. The second-order valence-corrected chi connectivity index (χ2v) is 6.24. The van der Waals surface area contributed by atoms with E-state index in [1.165, 1.54) is 11.1 Å². The third kappa shape index (κ3) is 3.54. The Hall–Kier alpha value is -3.27. The number of hydrogen-bond acceptors (Lipinski definition) is 4. The van der Waals surface area contributed by atoms with Gasteiger partial charge in [0.05, 0.1) is 5.52 Å². The molecule has 3 aromatic carbocycles. The summed E-state index contributed by atoms with van der Waals surface area (Å²) >= 11 is 0. The molecule has 0 aliphatic rings. The molecular formula is C22H20N4. The van der Waals surface area contributed by atoms with Crippen LogP contribution in [-0.2, 0) is 0 Å². The van der Waals surface area contributed by atoms with E-state index in [-0.39, 0.29) is 0 Å². The maximum atomic E-state index is 4.18. The van der Waals surface area contributed by atoms with Gasteiger partial charge in [0, 0.05) is 17.8 Å². The Morgan fingerprint density at radius 1 is 0.692 bits per heavy atom. The zero-order valence-corrected chi connectivity index (χ0v) is 14.4. The molecule has 4 aromatic rings. The Morgan fingerprint density at radius 2 is 1.31 bits per heavy atom. The van der Waals surface area contributed by atoms with Gasteiger partial charge in [-0.1, -0.05) is 72.8 Å². The lowest BCUT2D eigenvalue weighted by Crippen LogP contribution is -2.11. The molecule has 1 aromatic heterocycles. The molecule has 0 spiro atoms. The lowest BCUT2D eigenvalue weighted by molar-refractivity contribution is 0.740. The fourth-order valence-electron chi connectivity index (χ4n) is 3.29. The smallest absolute Gasteiger partial charge is 0.160 e. The minimum atomic E-state index is 0.339. The number of anilines is 1. The average Bonchev–Trinajstić information content (AvgIpc) is 2.72. The summed E-state index contributed by atoms with van der Waals surface area (Å²) in [6, 6.07) is 29.2. The van der Waals surface area contributed by atoms with E-state index in [9.17, 15) is 0 Å². The molecule has 26 heavy (non-hydrogen) atoms. The van der Waals surface area contributed by atoms with E-state index in [4.69, 9.17) is 0 Å². The minimum absolute atomic E-state index is 0.339. The molecule has 0 radical (unpaired) electrons. The van der Waals surface area contributed by atoms with Gasteiger partial charge in [-0.05, 0) is 34.9 Å². The van der Waals surface area contributed by atoms with Gasteiger partial charge in [-0.15, -0.1) is 10.2 Å². The molecule has 0 atom stereocenters. The van der Waals surface area contributed by atoms with E-state index in [0.29, 0.717) is 5.92 Å². The van der Waals surface area contributed by atoms with Crippen LogP contribution in [0.4, 0.5) is 5.82 Å². The summed E-state index contributed by atoms with van der Waals surface area (Å²) in [7, 11) is 0. The molecule has 0 saturated heterocycles. The summed E-state index contributed by atoms with van der Waals surface area (Å²) in [6.45, 7) is 0.803. The molecule has 4 rings (SSSR count). The van der Waals surface area contributed by atoms with E-state index in [1.54, 1.807) is 0 Å². The highest BCUT2D eigenvalue weighted by Gasteiger charge is 2.14. The van der Waals surface area contributed by atoms with Crippen molar-refractivity contribution in [2.75, 3.05) is 11.9 Å². The van der Waals surface area contributed by atoms with E-state index < -0.39 is 0 Å². The van der Waals surface area contributed by atoms with Crippen LogP contribution in [0, 0.1) is 0 Å². The molecule has 0 unspecified atom stereocenters. The molecule has 1 N–H and O–H groups in total. The van der Waals surface area contributed by atoms with Crippen LogP contribution < -0.4 is 5.32 Å². The summed E-state index contributed by atoms with van der Waals surface area (Å²) in [4.78, 5) is 0. The number of fused-ring (bicyclic) bond motifs is 1. The quantitative estimate of drug-likeness (QED) is 0.555. The molecule has 1 heterocycles. The Morgan fingerprint density at radius 3 is 2.00 bits per heavy atom. The normalized spacial score (nSPS) is 11.0. The Kier molecular flexibility index (Phi) is 4.83. The fourth-order valence-corrected chi connectivity index (χ4v) is 3.29. The number of benzene rings is 3. The average molecular weight is 340 g/mol. The fraction of sp³-hybridized carbons (Fsp3) is 0.136. The van der Waals surface area contributed by atoms with Crippen LogP contribution in [0.25, 0.3) is 10.9 Å². The second-order valence-electron chi connectivity index (χ2n) is 6.24. The van der Waals surface area contributed by atoms with E-state index in [1.807, 2.05) is 24.3 Å². The van der Waals surface area contributed by atoms with E-state index in [0.717, 1.165) is 29.7 Å². The molecule has 0 bridgehead atoms. The SMILES string of the molecule is c1ccc(C(CCNc2nnnc3ccccc23)c2ccccc2)cc1. The molecule has 0 aliphatic carbocycles. The largest absolute Gasteiger partial charge is 0.368 e. The van der Waals surface area contributed by atoms with Crippen molar-refractivity contribution in [3.63, 3.8) is 0 Å². The van der Waals surface area contributed by atoms with Crippen LogP contribution >= 0.6 is 0 Å². The van der Waals surface area contributed by atoms with Gasteiger partial charge in [0.15, 0.2) is 5.82 Å².